The van der Waals surface area contributed by atoms with E-state index < -0.39 is 16.6 Å². The maximum atomic E-state index is 12.2. The molecule has 0 spiro atoms. The molecule has 1 aromatic rings. The molecule has 0 saturated heterocycles. The monoisotopic (exact) mass is 417 g/mol. The zero-order valence-electron chi connectivity index (χ0n) is 18.6. The third-order valence-electron chi connectivity index (χ3n) is 10.4. The van der Waals surface area contributed by atoms with Crippen molar-refractivity contribution in [2.75, 3.05) is 13.2 Å². The van der Waals surface area contributed by atoms with Crippen molar-refractivity contribution in [3.05, 3.63) is 24.2 Å². The maximum Gasteiger partial charge on any atom is 0.101 e. The SMILES string of the molecule is C[C@]12CCC3C(CC[C@@H]4C[C@@H](OCCN)CC[C@]34C)[C@@]1(O)CC[C@]2(O)c1ccoc1. The minimum absolute atomic E-state index is 0.263. The van der Waals surface area contributed by atoms with E-state index in [1.54, 1.807) is 12.5 Å². The molecule has 5 heteroatoms. The summed E-state index contributed by atoms with van der Waals surface area (Å²) in [4.78, 5) is 0. The Morgan fingerprint density at radius 1 is 1.07 bits per heavy atom. The molecular weight excluding hydrogens is 378 g/mol. The average Bonchev–Trinajstić information content (AvgIpc) is 3.34. The van der Waals surface area contributed by atoms with Gasteiger partial charge >= 0.3 is 0 Å². The van der Waals surface area contributed by atoms with Gasteiger partial charge in [0.05, 0.1) is 30.8 Å². The molecule has 0 radical (unpaired) electrons. The molecule has 0 bridgehead atoms. The molecule has 4 aliphatic carbocycles. The van der Waals surface area contributed by atoms with Crippen molar-refractivity contribution in [2.45, 2.75) is 88.9 Å². The molecule has 0 aliphatic heterocycles. The molecule has 4 fully saturated rings. The van der Waals surface area contributed by atoms with Crippen LogP contribution in [-0.4, -0.2) is 35.1 Å². The number of furan rings is 1. The van der Waals surface area contributed by atoms with E-state index in [9.17, 15) is 10.2 Å². The fourth-order valence-corrected chi connectivity index (χ4v) is 8.55. The zero-order chi connectivity index (χ0) is 21.2. The Bertz CT molecular complexity index is 767. The first-order valence-corrected chi connectivity index (χ1v) is 12.1. The molecule has 4 saturated carbocycles. The van der Waals surface area contributed by atoms with Crippen LogP contribution in [0, 0.1) is 28.6 Å². The van der Waals surface area contributed by atoms with Gasteiger partial charge in [-0.1, -0.05) is 13.8 Å². The van der Waals surface area contributed by atoms with E-state index in [4.69, 9.17) is 14.9 Å². The molecule has 5 nitrogen and oxygen atoms in total. The Balaban J connectivity index is 1.42. The predicted octanol–water partition coefficient (Wildman–Crippen LogP) is 3.97. The largest absolute Gasteiger partial charge is 0.472 e. The smallest absolute Gasteiger partial charge is 0.101 e. The number of nitrogens with two attached hydrogens (primary N) is 1. The van der Waals surface area contributed by atoms with E-state index >= 15 is 0 Å². The van der Waals surface area contributed by atoms with Crippen LogP contribution in [0.15, 0.2) is 23.0 Å². The second-order valence-corrected chi connectivity index (χ2v) is 11.2. The Hall–Kier alpha value is -0.880. The minimum atomic E-state index is -1.01. The summed E-state index contributed by atoms with van der Waals surface area (Å²) in [5, 5.41) is 24.1. The summed E-state index contributed by atoms with van der Waals surface area (Å²) in [5.74, 6) is 1.45. The standard InChI is InChI=1S/C25H39NO4/c1-22-8-5-19(30-14-12-26)15-17(22)3-4-21-20(22)6-9-23(2)24(27,10-11-25(21,23)28)18-7-13-29-16-18/h7,13,16-17,19-21,27-28H,3-6,8-12,14-15,26H2,1-2H3/t17-,19+,20?,21?,22+,23-,24+,25+/m1/s1. The second-order valence-electron chi connectivity index (χ2n) is 11.2. The molecule has 0 amide bonds. The van der Waals surface area contributed by atoms with E-state index in [-0.39, 0.29) is 11.3 Å². The Morgan fingerprint density at radius 3 is 2.63 bits per heavy atom. The average molecular weight is 418 g/mol. The van der Waals surface area contributed by atoms with Crippen LogP contribution in [0.4, 0.5) is 0 Å². The van der Waals surface area contributed by atoms with E-state index in [0.717, 1.165) is 44.1 Å². The predicted molar refractivity (Wildman–Crippen MR) is 115 cm³/mol. The van der Waals surface area contributed by atoms with Crippen LogP contribution < -0.4 is 5.73 Å². The fraction of sp³-hybridized carbons (Fsp3) is 0.840. The third kappa shape index (κ3) is 2.61. The second kappa shape index (κ2) is 7.06. The summed E-state index contributed by atoms with van der Waals surface area (Å²) in [7, 11) is 0. The molecule has 168 valence electrons. The van der Waals surface area contributed by atoms with Gasteiger partial charge in [-0.05, 0) is 87.0 Å². The van der Waals surface area contributed by atoms with Gasteiger partial charge in [-0.25, -0.2) is 0 Å². The molecule has 2 unspecified atom stereocenters. The molecule has 1 aromatic heterocycles. The van der Waals surface area contributed by atoms with Gasteiger partial charge in [-0.15, -0.1) is 0 Å². The highest BCUT2D eigenvalue weighted by Crippen LogP contribution is 2.71. The van der Waals surface area contributed by atoms with Crippen LogP contribution in [0.25, 0.3) is 0 Å². The molecule has 0 aromatic carbocycles. The van der Waals surface area contributed by atoms with Gasteiger partial charge in [0.15, 0.2) is 0 Å². The Kier molecular flexibility index (Phi) is 4.94. The van der Waals surface area contributed by atoms with Crippen molar-refractivity contribution in [1.82, 2.24) is 0 Å². The Morgan fingerprint density at radius 2 is 1.90 bits per heavy atom. The van der Waals surface area contributed by atoms with Gasteiger partial charge in [0.2, 0.25) is 0 Å². The highest BCUT2D eigenvalue weighted by Gasteiger charge is 2.72. The lowest BCUT2D eigenvalue weighted by atomic mass is 9.43. The summed E-state index contributed by atoms with van der Waals surface area (Å²) >= 11 is 0. The molecule has 30 heavy (non-hydrogen) atoms. The fourth-order valence-electron chi connectivity index (χ4n) is 8.55. The summed E-state index contributed by atoms with van der Waals surface area (Å²) in [6.45, 7) is 5.87. The molecule has 5 rings (SSSR count). The van der Waals surface area contributed by atoms with Crippen molar-refractivity contribution >= 4 is 0 Å². The van der Waals surface area contributed by atoms with Crippen LogP contribution in [0.1, 0.15) is 77.2 Å². The highest BCUT2D eigenvalue weighted by atomic mass is 16.5. The van der Waals surface area contributed by atoms with Crippen LogP contribution in [-0.2, 0) is 10.3 Å². The highest BCUT2D eigenvalue weighted by molar-refractivity contribution is 5.30. The molecular formula is C25H39NO4. The summed E-state index contributed by atoms with van der Waals surface area (Å²) in [6, 6.07) is 1.88. The van der Waals surface area contributed by atoms with Crippen molar-refractivity contribution in [2.24, 2.45) is 34.3 Å². The first-order valence-electron chi connectivity index (χ1n) is 12.1. The number of ether oxygens (including phenoxy) is 1. The number of hydrogen-bond acceptors (Lipinski definition) is 5. The molecule has 1 heterocycles. The first kappa shape index (κ1) is 21.0. The maximum absolute atomic E-state index is 12.2. The van der Waals surface area contributed by atoms with Gasteiger partial charge in [0.1, 0.15) is 5.60 Å². The van der Waals surface area contributed by atoms with Gasteiger partial charge < -0.3 is 25.1 Å². The molecule has 8 atom stereocenters. The van der Waals surface area contributed by atoms with Crippen LogP contribution >= 0.6 is 0 Å². The van der Waals surface area contributed by atoms with Crippen molar-refractivity contribution in [3.8, 4) is 0 Å². The topological polar surface area (TPSA) is 88.9 Å². The van der Waals surface area contributed by atoms with Crippen molar-refractivity contribution < 1.29 is 19.4 Å². The first-order chi connectivity index (χ1) is 14.3. The lowest BCUT2D eigenvalue weighted by Crippen LogP contribution is -2.64. The zero-order valence-corrected chi connectivity index (χ0v) is 18.6. The lowest BCUT2D eigenvalue weighted by molar-refractivity contribution is -0.239. The summed E-state index contributed by atoms with van der Waals surface area (Å²) in [6.07, 6.45) is 12.5. The van der Waals surface area contributed by atoms with Gasteiger partial charge in [-0.3, -0.25) is 0 Å². The summed E-state index contributed by atoms with van der Waals surface area (Å²) < 4.78 is 11.3. The van der Waals surface area contributed by atoms with Crippen molar-refractivity contribution in [1.29, 1.82) is 0 Å². The number of aliphatic hydroxyl groups is 2. The van der Waals surface area contributed by atoms with E-state index in [1.165, 1.54) is 6.42 Å². The van der Waals surface area contributed by atoms with E-state index in [2.05, 4.69) is 13.8 Å². The summed E-state index contributed by atoms with van der Waals surface area (Å²) in [5.41, 5.74) is 4.38. The van der Waals surface area contributed by atoms with Crippen molar-refractivity contribution in [3.63, 3.8) is 0 Å². The molecule has 4 aliphatic rings. The number of hydrogen-bond donors (Lipinski definition) is 3. The lowest BCUT2D eigenvalue weighted by Gasteiger charge is -2.64. The van der Waals surface area contributed by atoms with Gasteiger partial charge in [0, 0.05) is 17.5 Å². The number of rotatable bonds is 4. The quantitative estimate of drug-likeness (QED) is 0.690. The van der Waals surface area contributed by atoms with Crippen LogP contribution in [0.2, 0.25) is 0 Å². The normalized spacial score (nSPS) is 50.6. The molecule has 4 N–H and O–H groups in total. The van der Waals surface area contributed by atoms with Gasteiger partial charge in [-0.2, -0.15) is 0 Å². The van der Waals surface area contributed by atoms with E-state index in [1.807, 2.05) is 6.07 Å². The Labute approximate surface area is 180 Å². The minimum Gasteiger partial charge on any atom is -0.472 e. The van der Waals surface area contributed by atoms with Crippen LogP contribution in [0.3, 0.4) is 0 Å². The number of fused-ring (bicyclic) bond motifs is 5. The third-order valence-corrected chi connectivity index (χ3v) is 10.4. The van der Waals surface area contributed by atoms with Crippen LogP contribution in [0.5, 0.6) is 0 Å². The van der Waals surface area contributed by atoms with Gasteiger partial charge in [0.25, 0.3) is 0 Å². The van der Waals surface area contributed by atoms with E-state index in [0.29, 0.717) is 43.9 Å².